The molecule has 3 aromatic carbocycles. The quantitative estimate of drug-likeness (QED) is 0.170. The first kappa shape index (κ1) is 21.2. The van der Waals surface area contributed by atoms with Gasteiger partial charge in [0.15, 0.2) is 0 Å². The van der Waals surface area contributed by atoms with Crippen molar-refractivity contribution in [3.63, 3.8) is 0 Å². The van der Waals surface area contributed by atoms with Crippen molar-refractivity contribution in [1.29, 1.82) is 0 Å². The lowest BCUT2D eigenvalue weighted by atomic mass is 10.2. The second-order valence-electron chi connectivity index (χ2n) is 6.85. The maximum atomic E-state index is 5.99. The third kappa shape index (κ3) is 5.78. The van der Waals surface area contributed by atoms with Gasteiger partial charge in [-0.2, -0.15) is 0 Å². The van der Waals surface area contributed by atoms with E-state index in [-0.39, 0.29) is 0 Å². The smallest absolute Gasteiger partial charge is 0.142 e. The summed E-state index contributed by atoms with van der Waals surface area (Å²) in [4.78, 5) is 10.4. The van der Waals surface area contributed by atoms with Crippen LogP contribution in [0, 0.1) is 0 Å². The Kier molecular flexibility index (Phi) is 7.07. The van der Waals surface area contributed by atoms with Gasteiger partial charge in [-0.15, -0.1) is 11.8 Å². The Morgan fingerprint density at radius 3 is 2.48 bits per heavy atom. The zero-order valence-corrected chi connectivity index (χ0v) is 18.6. The summed E-state index contributed by atoms with van der Waals surface area (Å²) >= 11 is 7.66. The van der Waals surface area contributed by atoms with E-state index in [9.17, 15) is 0 Å². The van der Waals surface area contributed by atoms with Crippen LogP contribution in [0.3, 0.4) is 0 Å². The Balaban J connectivity index is 1.49. The van der Waals surface area contributed by atoms with Crippen LogP contribution in [0.4, 0.5) is 0 Å². The molecule has 0 aliphatic carbocycles. The number of para-hydroxylation sites is 1. The molecule has 0 unspecified atom stereocenters. The molecule has 0 atom stereocenters. The summed E-state index contributed by atoms with van der Waals surface area (Å²) in [5, 5.41) is 6.89. The van der Waals surface area contributed by atoms with Crippen LogP contribution in [0.15, 0.2) is 89.0 Å². The van der Waals surface area contributed by atoms with Crippen molar-refractivity contribution in [3.8, 4) is 5.75 Å². The summed E-state index contributed by atoms with van der Waals surface area (Å²) in [5.41, 5.74) is 4.08. The molecule has 0 N–H and O–H groups in total. The minimum Gasteiger partial charge on any atom is -0.497 e. The van der Waals surface area contributed by atoms with E-state index < -0.39 is 0 Å². The molecule has 6 heteroatoms. The maximum Gasteiger partial charge on any atom is 0.142 e. The van der Waals surface area contributed by atoms with E-state index in [0.29, 0.717) is 6.61 Å². The van der Waals surface area contributed by atoms with Gasteiger partial charge in [-0.3, -0.25) is 0 Å². The van der Waals surface area contributed by atoms with E-state index in [2.05, 4.69) is 11.2 Å². The van der Waals surface area contributed by atoms with Gasteiger partial charge >= 0.3 is 0 Å². The van der Waals surface area contributed by atoms with Gasteiger partial charge in [0.05, 0.1) is 18.8 Å². The van der Waals surface area contributed by atoms with Crippen molar-refractivity contribution in [2.45, 2.75) is 17.4 Å². The summed E-state index contributed by atoms with van der Waals surface area (Å²) in [6.45, 7) is 0.384. The molecule has 156 valence electrons. The highest BCUT2D eigenvalue weighted by molar-refractivity contribution is 7.98. The third-order valence-corrected chi connectivity index (χ3v) is 5.99. The number of hydrogen-bond donors (Lipinski definition) is 0. The van der Waals surface area contributed by atoms with E-state index in [0.717, 1.165) is 43.6 Å². The number of oxime groups is 1. The first-order valence-corrected chi connectivity index (χ1v) is 11.1. The van der Waals surface area contributed by atoms with E-state index in [1.165, 1.54) is 5.56 Å². The molecule has 31 heavy (non-hydrogen) atoms. The van der Waals surface area contributed by atoms with Crippen LogP contribution in [-0.4, -0.2) is 18.3 Å². The maximum absolute atomic E-state index is 5.99. The van der Waals surface area contributed by atoms with E-state index in [1.54, 1.807) is 25.1 Å². The molecule has 1 heterocycles. The average Bonchev–Trinajstić information content (AvgIpc) is 2.81. The first-order valence-electron chi connectivity index (χ1n) is 9.76. The van der Waals surface area contributed by atoms with Gasteiger partial charge in [-0.25, -0.2) is 4.98 Å². The minimum atomic E-state index is 0.384. The van der Waals surface area contributed by atoms with Gasteiger partial charge in [-0.05, 0) is 47.5 Å². The fourth-order valence-electron chi connectivity index (χ4n) is 2.98. The van der Waals surface area contributed by atoms with E-state index in [4.69, 9.17) is 26.2 Å². The van der Waals surface area contributed by atoms with E-state index >= 15 is 0 Å². The van der Waals surface area contributed by atoms with Crippen LogP contribution in [0.5, 0.6) is 5.75 Å². The molecule has 0 saturated carbocycles. The fourth-order valence-corrected chi connectivity index (χ4v) is 4.05. The number of methoxy groups -OCH3 is 1. The number of fused-ring (bicyclic) bond motifs is 1. The van der Waals surface area contributed by atoms with Crippen molar-refractivity contribution < 1.29 is 9.57 Å². The van der Waals surface area contributed by atoms with Gasteiger partial charge in [0.1, 0.15) is 17.4 Å². The highest BCUT2D eigenvalue weighted by Gasteiger charge is 2.07. The summed E-state index contributed by atoms with van der Waals surface area (Å²) < 4.78 is 5.18. The summed E-state index contributed by atoms with van der Waals surface area (Å²) in [7, 11) is 1.65. The highest BCUT2D eigenvalue weighted by Crippen LogP contribution is 2.27. The van der Waals surface area contributed by atoms with Crippen LogP contribution < -0.4 is 4.74 Å². The number of thioether (sulfide) groups is 1. The second kappa shape index (κ2) is 10.3. The molecule has 0 spiro atoms. The van der Waals surface area contributed by atoms with Crippen LogP contribution >= 0.6 is 23.4 Å². The third-order valence-electron chi connectivity index (χ3n) is 4.66. The van der Waals surface area contributed by atoms with Crippen LogP contribution in [0.25, 0.3) is 10.9 Å². The van der Waals surface area contributed by atoms with Crippen LogP contribution in [0.1, 0.15) is 16.7 Å². The van der Waals surface area contributed by atoms with Crippen molar-refractivity contribution in [3.05, 3.63) is 101 Å². The Morgan fingerprint density at radius 2 is 1.71 bits per heavy atom. The Bertz CT molecular complexity index is 1180. The van der Waals surface area contributed by atoms with Crippen LogP contribution in [-0.2, 0) is 17.2 Å². The number of halogens is 1. The number of hydrogen-bond acceptors (Lipinski definition) is 5. The predicted octanol–water partition coefficient (Wildman–Crippen LogP) is 6.74. The monoisotopic (exact) mass is 448 g/mol. The number of rotatable bonds is 8. The van der Waals surface area contributed by atoms with Gasteiger partial charge in [0.25, 0.3) is 0 Å². The Hall–Kier alpha value is -3.02. The fraction of sp³-hybridized carbons (Fsp3) is 0.120. The molecule has 0 amide bonds. The zero-order valence-electron chi connectivity index (χ0n) is 17.0. The topological polar surface area (TPSA) is 43.7 Å². The molecular formula is C25H21ClN2O2S. The standard InChI is InChI=1S/C25H21ClN2O2S/c1-29-23-12-8-18(9-13-23)16-30-27-15-21-14-20-4-2-3-5-24(20)28-25(21)31-17-19-6-10-22(26)11-7-19/h2-15H,16-17H2,1H3/b27-15+. The molecule has 1 aromatic heterocycles. The van der Waals surface area contributed by atoms with Crippen molar-refractivity contribution in [2.75, 3.05) is 7.11 Å². The summed E-state index contributed by atoms with van der Waals surface area (Å²) in [5.74, 6) is 1.60. The lowest BCUT2D eigenvalue weighted by Crippen LogP contribution is -1.94. The zero-order chi connectivity index (χ0) is 21.5. The number of ether oxygens (including phenoxy) is 1. The lowest BCUT2D eigenvalue weighted by Gasteiger charge is -2.08. The molecule has 0 radical (unpaired) electrons. The number of pyridine rings is 1. The molecule has 4 rings (SSSR count). The molecule has 4 aromatic rings. The lowest BCUT2D eigenvalue weighted by molar-refractivity contribution is 0.132. The average molecular weight is 449 g/mol. The predicted molar refractivity (Wildman–Crippen MR) is 128 cm³/mol. The number of nitrogens with zero attached hydrogens (tertiary/aromatic N) is 2. The van der Waals surface area contributed by atoms with Crippen LogP contribution in [0.2, 0.25) is 5.02 Å². The molecule has 0 aliphatic rings. The van der Waals surface area contributed by atoms with E-state index in [1.807, 2.05) is 72.8 Å². The normalized spacial score (nSPS) is 11.2. The molecule has 0 saturated heterocycles. The highest BCUT2D eigenvalue weighted by atomic mass is 35.5. The number of aromatic nitrogens is 1. The molecular weight excluding hydrogens is 428 g/mol. The van der Waals surface area contributed by atoms with Gasteiger partial charge in [0, 0.05) is 21.7 Å². The molecule has 0 bridgehead atoms. The first-order chi connectivity index (χ1) is 15.2. The summed E-state index contributed by atoms with van der Waals surface area (Å²) in [6, 6.07) is 25.7. The van der Waals surface area contributed by atoms with Crippen molar-refractivity contribution in [1.82, 2.24) is 4.98 Å². The molecule has 0 fully saturated rings. The van der Waals surface area contributed by atoms with Crippen molar-refractivity contribution >= 4 is 40.5 Å². The Morgan fingerprint density at radius 1 is 0.968 bits per heavy atom. The van der Waals surface area contributed by atoms with Crippen molar-refractivity contribution in [2.24, 2.45) is 5.16 Å². The SMILES string of the molecule is COc1ccc(CO/N=C/c2cc3ccccc3nc2SCc2ccc(Cl)cc2)cc1. The van der Waals surface area contributed by atoms with Gasteiger partial charge in [0.2, 0.25) is 0 Å². The minimum absolute atomic E-state index is 0.384. The largest absolute Gasteiger partial charge is 0.497 e. The Labute approximate surface area is 190 Å². The molecule has 4 nitrogen and oxygen atoms in total. The number of benzene rings is 3. The second-order valence-corrected chi connectivity index (χ2v) is 8.25. The van der Waals surface area contributed by atoms with Gasteiger partial charge < -0.3 is 9.57 Å². The molecule has 0 aliphatic heterocycles. The van der Waals surface area contributed by atoms with Gasteiger partial charge in [-0.1, -0.05) is 59.2 Å². The summed E-state index contributed by atoms with van der Waals surface area (Å²) in [6.07, 6.45) is 1.73.